The molecule has 2 amide bonds. The van der Waals surface area contributed by atoms with Gasteiger partial charge in [-0.3, -0.25) is 20.2 Å². The minimum absolute atomic E-state index is 0.0330. The third-order valence-corrected chi connectivity index (χ3v) is 4.11. The topological polar surface area (TPSA) is 67.4 Å². The van der Waals surface area contributed by atoms with E-state index in [2.05, 4.69) is 17.6 Å². The highest BCUT2D eigenvalue weighted by molar-refractivity contribution is 7.80. The molecule has 2 rings (SSSR count). The Kier molecular flexibility index (Phi) is 7.60. The first-order valence-corrected chi connectivity index (χ1v) is 9.12. The first-order chi connectivity index (χ1) is 12.1. The zero-order valence-corrected chi connectivity index (χ0v) is 15.3. The normalized spacial score (nSPS) is 14.1. The van der Waals surface area contributed by atoms with Crippen molar-refractivity contribution in [2.24, 2.45) is 0 Å². The van der Waals surface area contributed by atoms with Crippen LogP contribution in [0.25, 0.3) is 6.08 Å². The second-order valence-corrected chi connectivity index (χ2v) is 6.39. The molecular weight excluding hydrogens is 336 g/mol. The summed E-state index contributed by atoms with van der Waals surface area (Å²) in [5.74, 6) is -0.191. The largest absolute Gasteiger partial charge is 0.494 e. The highest BCUT2D eigenvalue weighted by Crippen LogP contribution is 2.16. The molecule has 0 radical (unpaired) electrons. The van der Waals surface area contributed by atoms with Gasteiger partial charge in [0.25, 0.3) is 11.8 Å². The lowest BCUT2D eigenvalue weighted by Crippen LogP contribution is -2.51. The smallest absolute Gasteiger partial charge is 0.263 e. The van der Waals surface area contributed by atoms with Crippen LogP contribution in [-0.4, -0.2) is 23.5 Å². The van der Waals surface area contributed by atoms with Gasteiger partial charge in [0.15, 0.2) is 5.11 Å². The van der Waals surface area contributed by atoms with Crippen molar-refractivity contribution in [3.05, 3.63) is 35.4 Å². The summed E-state index contributed by atoms with van der Waals surface area (Å²) in [6.07, 6.45) is 8.90. The summed E-state index contributed by atoms with van der Waals surface area (Å²) in [7, 11) is 0. The Morgan fingerprint density at radius 1 is 0.960 bits per heavy atom. The second kappa shape index (κ2) is 9.93. The Balaban J connectivity index is 1.81. The summed E-state index contributed by atoms with van der Waals surface area (Å²) in [6, 6.07) is 7.31. The molecule has 0 spiro atoms. The lowest BCUT2D eigenvalue weighted by atomic mass is 10.1. The number of carbonyl (C=O) groups excluding carboxylic acids is 2. The maximum atomic E-state index is 11.8. The number of nitrogens with one attached hydrogen (secondary N) is 2. The standard InChI is InChI=1S/C19H24N2O3S/c1-2-3-4-5-6-7-12-24-15-10-8-14(9-11-15)13-16-17(22)20-19(25)21-18(16)23/h8-11,13H,2-7,12H2,1H3,(H2,20,21,22,23,25). The van der Waals surface area contributed by atoms with Gasteiger partial charge in [0, 0.05) is 0 Å². The van der Waals surface area contributed by atoms with E-state index >= 15 is 0 Å². The SMILES string of the molecule is CCCCCCCCOc1ccc(C=C2C(=O)NC(=S)NC2=O)cc1. The number of thiocarbonyl (C=S) groups is 1. The molecule has 1 saturated heterocycles. The van der Waals surface area contributed by atoms with Gasteiger partial charge in [0.05, 0.1) is 6.61 Å². The van der Waals surface area contributed by atoms with E-state index in [0.717, 1.165) is 17.7 Å². The van der Waals surface area contributed by atoms with Crippen molar-refractivity contribution in [2.75, 3.05) is 6.61 Å². The monoisotopic (exact) mass is 360 g/mol. The van der Waals surface area contributed by atoms with E-state index in [4.69, 9.17) is 17.0 Å². The summed E-state index contributed by atoms with van der Waals surface area (Å²) >= 11 is 4.77. The molecule has 0 atom stereocenters. The summed E-state index contributed by atoms with van der Waals surface area (Å²) in [5, 5.41) is 4.86. The van der Waals surface area contributed by atoms with Crippen molar-refractivity contribution < 1.29 is 14.3 Å². The van der Waals surface area contributed by atoms with Crippen molar-refractivity contribution in [3.63, 3.8) is 0 Å². The summed E-state index contributed by atoms with van der Waals surface area (Å²) in [6.45, 7) is 2.92. The molecule has 134 valence electrons. The van der Waals surface area contributed by atoms with Crippen LogP contribution in [0.4, 0.5) is 0 Å². The molecule has 0 aliphatic carbocycles. The summed E-state index contributed by atoms with van der Waals surface area (Å²) in [5.41, 5.74) is 0.786. The van der Waals surface area contributed by atoms with Crippen LogP contribution in [-0.2, 0) is 9.59 Å². The Labute approximate surface area is 153 Å². The van der Waals surface area contributed by atoms with E-state index in [1.807, 2.05) is 24.3 Å². The van der Waals surface area contributed by atoms with Crippen LogP contribution in [0.15, 0.2) is 29.8 Å². The van der Waals surface area contributed by atoms with Gasteiger partial charge in [-0.25, -0.2) is 0 Å². The van der Waals surface area contributed by atoms with Crippen LogP contribution in [0.1, 0.15) is 51.0 Å². The zero-order valence-electron chi connectivity index (χ0n) is 14.5. The Morgan fingerprint density at radius 2 is 1.56 bits per heavy atom. The average Bonchev–Trinajstić information content (AvgIpc) is 2.58. The van der Waals surface area contributed by atoms with Gasteiger partial charge in [0.1, 0.15) is 11.3 Å². The molecular formula is C19H24N2O3S. The maximum absolute atomic E-state index is 11.8. The molecule has 25 heavy (non-hydrogen) atoms. The molecule has 0 unspecified atom stereocenters. The van der Waals surface area contributed by atoms with Crippen LogP contribution in [0.5, 0.6) is 5.75 Å². The van der Waals surface area contributed by atoms with Gasteiger partial charge in [-0.2, -0.15) is 0 Å². The van der Waals surface area contributed by atoms with Gasteiger partial charge in [0.2, 0.25) is 0 Å². The molecule has 6 heteroatoms. The lowest BCUT2D eigenvalue weighted by molar-refractivity contribution is -0.123. The van der Waals surface area contributed by atoms with Gasteiger partial charge < -0.3 is 4.74 Å². The van der Waals surface area contributed by atoms with E-state index in [-0.39, 0.29) is 10.7 Å². The van der Waals surface area contributed by atoms with E-state index < -0.39 is 11.8 Å². The Hall–Kier alpha value is -2.21. The molecule has 0 bridgehead atoms. The number of rotatable bonds is 9. The van der Waals surface area contributed by atoms with Crippen molar-refractivity contribution >= 4 is 35.2 Å². The van der Waals surface area contributed by atoms with E-state index in [1.165, 1.54) is 38.2 Å². The number of ether oxygens (including phenoxy) is 1. The third-order valence-electron chi connectivity index (χ3n) is 3.90. The summed E-state index contributed by atoms with van der Waals surface area (Å²) < 4.78 is 5.72. The molecule has 1 fully saturated rings. The van der Waals surface area contributed by atoms with Gasteiger partial charge in [-0.05, 0) is 42.4 Å². The Bertz CT molecular complexity index is 631. The zero-order chi connectivity index (χ0) is 18.1. The molecule has 2 N–H and O–H groups in total. The molecule has 1 aliphatic rings. The Morgan fingerprint density at radius 3 is 2.20 bits per heavy atom. The minimum atomic E-state index is -0.489. The van der Waals surface area contributed by atoms with Crippen LogP contribution < -0.4 is 15.4 Å². The van der Waals surface area contributed by atoms with Crippen LogP contribution in [0.3, 0.4) is 0 Å². The first-order valence-electron chi connectivity index (χ1n) is 8.71. The van der Waals surface area contributed by atoms with E-state index in [0.29, 0.717) is 6.61 Å². The predicted octanol–water partition coefficient (Wildman–Crippen LogP) is 3.34. The van der Waals surface area contributed by atoms with Crippen molar-refractivity contribution in [1.82, 2.24) is 10.6 Å². The number of carbonyl (C=O) groups is 2. The minimum Gasteiger partial charge on any atom is -0.494 e. The quantitative estimate of drug-likeness (QED) is 0.307. The van der Waals surface area contributed by atoms with Crippen molar-refractivity contribution in [3.8, 4) is 5.75 Å². The van der Waals surface area contributed by atoms with E-state index in [1.54, 1.807) is 0 Å². The second-order valence-electron chi connectivity index (χ2n) is 5.98. The lowest BCUT2D eigenvalue weighted by Gasteiger charge is -2.16. The molecule has 1 heterocycles. The molecule has 5 nitrogen and oxygen atoms in total. The molecule has 0 saturated carbocycles. The van der Waals surface area contributed by atoms with Gasteiger partial charge >= 0.3 is 0 Å². The highest BCUT2D eigenvalue weighted by atomic mass is 32.1. The maximum Gasteiger partial charge on any atom is 0.263 e. The van der Waals surface area contributed by atoms with Crippen molar-refractivity contribution in [1.29, 1.82) is 0 Å². The number of amides is 2. The third kappa shape index (κ3) is 6.31. The fourth-order valence-electron chi connectivity index (χ4n) is 2.51. The van der Waals surface area contributed by atoms with Crippen LogP contribution in [0.2, 0.25) is 0 Å². The van der Waals surface area contributed by atoms with Crippen LogP contribution in [0, 0.1) is 0 Å². The van der Waals surface area contributed by atoms with Gasteiger partial charge in [-0.15, -0.1) is 0 Å². The fourth-order valence-corrected chi connectivity index (χ4v) is 2.69. The fraction of sp³-hybridized carbons (Fsp3) is 0.421. The first kappa shape index (κ1) is 19.1. The van der Waals surface area contributed by atoms with Crippen molar-refractivity contribution in [2.45, 2.75) is 45.4 Å². The molecule has 0 aromatic heterocycles. The number of benzene rings is 1. The summed E-state index contributed by atoms with van der Waals surface area (Å²) in [4.78, 5) is 23.6. The van der Waals surface area contributed by atoms with Crippen LogP contribution >= 0.6 is 12.2 Å². The number of hydrogen-bond donors (Lipinski definition) is 2. The van der Waals surface area contributed by atoms with Gasteiger partial charge in [-0.1, -0.05) is 51.2 Å². The average molecular weight is 360 g/mol. The number of hydrogen-bond acceptors (Lipinski definition) is 4. The molecule has 1 aromatic carbocycles. The number of unbranched alkanes of at least 4 members (excludes halogenated alkanes) is 5. The highest BCUT2D eigenvalue weighted by Gasteiger charge is 2.25. The molecule has 1 aromatic rings. The predicted molar refractivity (Wildman–Crippen MR) is 102 cm³/mol. The van der Waals surface area contributed by atoms with E-state index in [9.17, 15) is 9.59 Å². The molecule has 1 aliphatic heterocycles.